The predicted molar refractivity (Wildman–Crippen MR) is 101 cm³/mol. The van der Waals surface area contributed by atoms with Crippen molar-refractivity contribution in [2.45, 2.75) is 39.9 Å². The molecule has 2 atom stereocenters. The fourth-order valence-electron chi connectivity index (χ4n) is 3.11. The number of rotatable bonds is 6. The molecular formula is C19H20N4O6. The number of nitro benzene ring substituents is 1. The maximum Gasteiger partial charge on any atom is 0.355 e. The molecule has 0 radical (unpaired) electrons. The molecule has 0 aliphatic carbocycles. The molecule has 10 heteroatoms. The number of aromatic amines is 1. The van der Waals surface area contributed by atoms with Crippen molar-refractivity contribution in [3.63, 3.8) is 0 Å². The minimum atomic E-state index is -0.820. The summed E-state index contributed by atoms with van der Waals surface area (Å²) >= 11 is 0. The molecule has 0 amide bonds. The minimum absolute atomic E-state index is 0.0519. The van der Waals surface area contributed by atoms with Crippen molar-refractivity contribution in [2.24, 2.45) is 0 Å². The van der Waals surface area contributed by atoms with Crippen LogP contribution >= 0.6 is 0 Å². The van der Waals surface area contributed by atoms with Gasteiger partial charge in [0.05, 0.1) is 11.0 Å². The number of nitrogens with one attached hydrogen (secondary N) is 1. The summed E-state index contributed by atoms with van der Waals surface area (Å²) in [5.74, 6) is -0.371. The van der Waals surface area contributed by atoms with E-state index in [1.54, 1.807) is 27.7 Å². The fourth-order valence-corrected chi connectivity index (χ4v) is 3.11. The molecule has 2 aromatic heterocycles. The van der Waals surface area contributed by atoms with Crippen molar-refractivity contribution in [1.82, 2.24) is 15.2 Å². The number of benzene rings is 1. The van der Waals surface area contributed by atoms with Gasteiger partial charge in [0, 0.05) is 29.0 Å². The van der Waals surface area contributed by atoms with Gasteiger partial charge in [-0.05, 0) is 45.4 Å². The number of non-ortho nitro benzene ring substituents is 1. The normalized spacial score (nSPS) is 13.1. The zero-order valence-corrected chi connectivity index (χ0v) is 16.3. The molecule has 10 nitrogen and oxygen atoms in total. The predicted octanol–water partition coefficient (Wildman–Crippen LogP) is 3.56. The summed E-state index contributed by atoms with van der Waals surface area (Å²) < 4.78 is 11.0. The van der Waals surface area contributed by atoms with Crippen LogP contribution in [0.5, 0.6) is 0 Å². The Kier molecular flexibility index (Phi) is 5.46. The number of aliphatic hydroxyl groups is 1. The summed E-state index contributed by atoms with van der Waals surface area (Å²) in [7, 11) is 0. The van der Waals surface area contributed by atoms with E-state index < -0.39 is 23.1 Å². The maximum absolute atomic E-state index is 12.5. The standard InChI is InChI=1S/C19H20N4O6/c1-9-15(11(3)24)10(2)20-16(9)19(25)28-12(4)17-21-22-18(29-17)13-5-7-14(8-6-13)23(26)27/h5-8,11-12,20,24H,1-4H3/t11-,12-/m1/s1. The number of H-pyrrole nitrogens is 1. The topological polar surface area (TPSA) is 144 Å². The Morgan fingerprint density at radius 3 is 2.45 bits per heavy atom. The van der Waals surface area contributed by atoms with Crippen LogP contribution in [0.25, 0.3) is 11.5 Å². The first-order valence-corrected chi connectivity index (χ1v) is 8.85. The number of aromatic nitrogens is 3. The fraction of sp³-hybridized carbons (Fsp3) is 0.316. The quantitative estimate of drug-likeness (QED) is 0.363. The molecule has 0 unspecified atom stereocenters. The van der Waals surface area contributed by atoms with Crippen molar-refractivity contribution in [3.8, 4) is 11.5 Å². The van der Waals surface area contributed by atoms with Crippen LogP contribution in [0.15, 0.2) is 28.7 Å². The van der Waals surface area contributed by atoms with Gasteiger partial charge in [-0.1, -0.05) is 0 Å². The zero-order chi connectivity index (χ0) is 21.3. The summed E-state index contributed by atoms with van der Waals surface area (Å²) in [5.41, 5.74) is 2.67. The number of carbonyl (C=O) groups is 1. The van der Waals surface area contributed by atoms with E-state index in [1.165, 1.54) is 24.3 Å². The third kappa shape index (κ3) is 4.02. The van der Waals surface area contributed by atoms with Gasteiger partial charge in [0.15, 0.2) is 6.10 Å². The zero-order valence-electron chi connectivity index (χ0n) is 16.3. The lowest BCUT2D eigenvalue weighted by Gasteiger charge is -2.09. The molecule has 0 fully saturated rings. The van der Waals surface area contributed by atoms with E-state index in [-0.39, 0.29) is 23.2 Å². The van der Waals surface area contributed by atoms with Gasteiger partial charge in [-0.3, -0.25) is 10.1 Å². The summed E-state index contributed by atoms with van der Waals surface area (Å²) in [5, 5.41) is 28.4. The number of aliphatic hydroxyl groups excluding tert-OH is 1. The monoisotopic (exact) mass is 400 g/mol. The molecule has 0 aliphatic heterocycles. The Morgan fingerprint density at radius 1 is 1.24 bits per heavy atom. The summed E-state index contributed by atoms with van der Waals surface area (Å²) in [6, 6.07) is 5.65. The van der Waals surface area contributed by atoms with E-state index in [9.17, 15) is 20.0 Å². The van der Waals surface area contributed by atoms with Crippen LogP contribution in [0.4, 0.5) is 5.69 Å². The van der Waals surface area contributed by atoms with Crippen molar-refractivity contribution in [3.05, 3.63) is 62.8 Å². The lowest BCUT2D eigenvalue weighted by atomic mass is 10.1. The Bertz CT molecular complexity index is 1050. The number of hydrogen-bond donors (Lipinski definition) is 2. The van der Waals surface area contributed by atoms with Crippen molar-refractivity contribution < 1.29 is 24.0 Å². The molecule has 2 N–H and O–H groups in total. The van der Waals surface area contributed by atoms with Gasteiger partial charge in [0.2, 0.25) is 5.89 Å². The van der Waals surface area contributed by atoms with Gasteiger partial charge >= 0.3 is 5.97 Å². The average molecular weight is 400 g/mol. The molecule has 0 aliphatic rings. The number of hydrogen-bond acceptors (Lipinski definition) is 8. The highest BCUT2D eigenvalue weighted by Crippen LogP contribution is 2.28. The number of carbonyl (C=O) groups excluding carboxylic acids is 1. The average Bonchev–Trinajstić information content (AvgIpc) is 3.26. The third-order valence-corrected chi connectivity index (χ3v) is 4.51. The Labute approximate surface area is 165 Å². The van der Waals surface area contributed by atoms with Gasteiger partial charge in [0.25, 0.3) is 11.6 Å². The molecule has 1 aromatic carbocycles. The number of esters is 1. The van der Waals surface area contributed by atoms with E-state index >= 15 is 0 Å². The highest BCUT2D eigenvalue weighted by Gasteiger charge is 2.25. The van der Waals surface area contributed by atoms with E-state index in [4.69, 9.17) is 9.15 Å². The summed E-state index contributed by atoms with van der Waals surface area (Å²) in [4.78, 5) is 25.7. The molecule has 29 heavy (non-hydrogen) atoms. The molecule has 0 saturated carbocycles. The number of nitrogens with zero attached hydrogens (tertiary/aromatic N) is 3. The second-order valence-electron chi connectivity index (χ2n) is 6.64. The number of nitro groups is 1. The van der Waals surface area contributed by atoms with Gasteiger partial charge < -0.3 is 19.2 Å². The first-order chi connectivity index (χ1) is 13.7. The van der Waals surface area contributed by atoms with Crippen LogP contribution in [0.2, 0.25) is 0 Å². The maximum atomic E-state index is 12.5. The highest BCUT2D eigenvalue weighted by atomic mass is 16.6. The van der Waals surface area contributed by atoms with Gasteiger partial charge in [-0.2, -0.15) is 0 Å². The molecule has 2 heterocycles. The molecule has 152 valence electrons. The first kappa shape index (κ1) is 20.2. The second-order valence-corrected chi connectivity index (χ2v) is 6.64. The minimum Gasteiger partial charge on any atom is -0.448 e. The van der Waals surface area contributed by atoms with E-state index in [2.05, 4.69) is 15.2 Å². The molecular weight excluding hydrogens is 380 g/mol. The SMILES string of the molecule is Cc1[nH]c(C(=O)O[C@H](C)c2nnc(-c3ccc([N+](=O)[O-])cc3)o2)c(C)c1[C@@H](C)O. The molecule has 0 bridgehead atoms. The second kappa shape index (κ2) is 7.84. The lowest BCUT2D eigenvalue weighted by molar-refractivity contribution is -0.384. The van der Waals surface area contributed by atoms with Crippen LogP contribution in [0.3, 0.4) is 0 Å². The Morgan fingerprint density at radius 2 is 1.90 bits per heavy atom. The van der Waals surface area contributed by atoms with Crippen molar-refractivity contribution in [2.75, 3.05) is 0 Å². The number of aryl methyl sites for hydroxylation is 1. The number of ether oxygens (including phenoxy) is 1. The van der Waals surface area contributed by atoms with E-state index in [0.29, 0.717) is 22.4 Å². The van der Waals surface area contributed by atoms with E-state index in [0.717, 1.165) is 0 Å². The Hall–Kier alpha value is -3.53. The third-order valence-electron chi connectivity index (χ3n) is 4.51. The molecule has 0 saturated heterocycles. The van der Waals surface area contributed by atoms with Crippen LogP contribution in [-0.4, -0.2) is 31.2 Å². The lowest BCUT2D eigenvalue weighted by Crippen LogP contribution is -2.11. The van der Waals surface area contributed by atoms with Gasteiger partial charge in [-0.15, -0.1) is 10.2 Å². The highest BCUT2D eigenvalue weighted by molar-refractivity contribution is 5.90. The Balaban J connectivity index is 1.75. The smallest absolute Gasteiger partial charge is 0.355 e. The van der Waals surface area contributed by atoms with E-state index in [1.807, 2.05) is 0 Å². The van der Waals surface area contributed by atoms with Crippen LogP contribution < -0.4 is 0 Å². The van der Waals surface area contributed by atoms with Gasteiger partial charge in [-0.25, -0.2) is 4.79 Å². The molecule has 3 rings (SSSR count). The van der Waals surface area contributed by atoms with Crippen LogP contribution in [-0.2, 0) is 4.74 Å². The molecule has 3 aromatic rings. The summed E-state index contributed by atoms with van der Waals surface area (Å²) in [6.07, 6.45) is -1.54. The van der Waals surface area contributed by atoms with Crippen LogP contribution in [0, 0.1) is 24.0 Å². The largest absolute Gasteiger partial charge is 0.448 e. The molecule has 0 spiro atoms. The van der Waals surface area contributed by atoms with Crippen LogP contribution in [0.1, 0.15) is 59.3 Å². The van der Waals surface area contributed by atoms with Gasteiger partial charge in [0.1, 0.15) is 5.69 Å². The van der Waals surface area contributed by atoms with Crippen molar-refractivity contribution in [1.29, 1.82) is 0 Å². The van der Waals surface area contributed by atoms with Crippen molar-refractivity contribution >= 4 is 11.7 Å². The first-order valence-electron chi connectivity index (χ1n) is 8.85. The summed E-state index contributed by atoms with van der Waals surface area (Å²) in [6.45, 7) is 6.71.